The van der Waals surface area contributed by atoms with Crippen LogP contribution >= 0.6 is 0 Å². The lowest BCUT2D eigenvalue weighted by molar-refractivity contribution is 0.720. The minimum Gasteiger partial charge on any atom is -0.292 e. The Labute approximate surface area is 127 Å². The molecule has 0 saturated carbocycles. The number of benzene rings is 1. The standard InChI is InChI=1S/C17H16N4O/c1-11-3-5-12(6-4-11)9-13-7-8-21-15(13)19-16-14(17(21)22)10-18-20(16)2/h3-6,9-10H,7-8H2,1-2H3/b13-9+. The molecule has 5 heteroatoms. The summed E-state index contributed by atoms with van der Waals surface area (Å²) in [6.07, 6.45) is 4.55. The van der Waals surface area contributed by atoms with Crippen LogP contribution in [0.2, 0.25) is 0 Å². The van der Waals surface area contributed by atoms with Crippen molar-refractivity contribution in [2.24, 2.45) is 7.05 Å². The number of aromatic nitrogens is 4. The fraction of sp³-hybridized carbons (Fsp3) is 0.235. The van der Waals surface area contributed by atoms with Crippen molar-refractivity contribution in [2.45, 2.75) is 19.9 Å². The Balaban J connectivity index is 1.90. The van der Waals surface area contributed by atoms with Crippen LogP contribution < -0.4 is 5.56 Å². The average Bonchev–Trinajstić information content (AvgIpc) is 3.08. The molecule has 0 bridgehead atoms. The van der Waals surface area contributed by atoms with Crippen LogP contribution in [0.25, 0.3) is 22.7 Å². The molecule has 22 heavy (non-hydrogen) atoms. The molecule has 2 aromatic heterocycles. The summed E-state index contributed by atoms with van der Waals surface area (Å²) < 4.78 is 3.41. The van der Waals surface area contributed by atoms with Crippen molar-refractivity contribution < 1.29 is 0 Å². The molecule has 0 unspecified atom stereocenters. The molecule has 3 aromatic rings. The first kappa shape index (κ1) is 13.0. The zero-order valence-corrected chi connectivity index (χ0v) is 12.6. The van der Waals surface area contributed by atoms with Gasteiger partial charge in [0.15, 0.2) is 5.65 Å². The molecule has 0 atom stereocenters. The third-order valence-electron chi connectivity index (χ3n) is 4.16. The molecule has 4 rings (SSSR count). The maximum Gasteiger partial charge on any atom is 0.264 e. The molecule has 0 amide bonds. The molecule has 110 valence electrons. The molecule has 3 heterocycles. The number of hydrogen-bond donors (Lipinski definition) is 0. The number of nitrogens with zero attached hydrogens (tertiary/aromatic N) is 4. The first-order valence-electron chi connectivity index (χ1n) is 7.33. The van der Waals surface area contributed by atoms with E-state index in [1.54, 1.807) is 15.4 Å². The van der Waals surface area contributed by atoms with Crippen LogP contribution in [-0.4, -0.2) is 19.3 Å². The highest BCUT2D eigenvalue weighted by Gasteiger charge is 2.22. The molecule has 1 aromatic carbocycles. The number of aryl methyl sites for hydroxylation is 2. The molecule has 0 aliphatic carbocycles. The van der Waals surface area contributed by atoms with E-state index in [0.717, 1.165) is 23.4 Å². The van der Waals surface area contributed by atoms with Gasteiger partial charge in [0.2, 0.25) is 0 Å². The molecule has 1 aliphatic heterocycles. The molecule has 5 nitrogen and oxygen atoms in total. The highest BCUT2D eigenvalue weighted by Crippen LogP contribution is 2.27. The lowest BCUT2D eigenvalue weighted by atomic mass is 10.1. The number of hydrogen-bond acceptors (Lipinski definition) is 3. The molecule has 1 aliphatic rings. The van der Waals surface area contributed by atoms with Crippen LogP contribution in [0.4, 0.5) is 0 Å². The van der Waals surface area contributed by atoms with Crippen molar-refractivity contribution in [3.05, 3.63) is 57.8 Å². The van der Waals surface area contributed by atoms with Crippen LogP contribution in [0.3, 0.4) is 0 Å². The van der Waals surface area contributed by atoms with Gasteiger partial charge in [-0.1, -0.05) is 29.8 Å². The summed E-state index contributed by atoms with van der Waals surface area (Å²) in [5.41, 5.74) is 4.12. The van der Waals surface area contributed by atoms with E-state index in [0.29, 0.717) is 17.6 Å². The second kappa shape index (κ2) is 4.66. The van der Waals surface area contributed by atoms with Crippen LogP contribution in [0.5, 0.6) is 0 Å². The van der Waals surface area contributed by atoms with Gasteiger partial charge < -0.3 is 0 Å². The van der Waals surface area contributed by atoms with Crippen LogP contribution in [0.1, 0.15) is 23.4 Å². The van der Waals surface area contributed by atoms with Gasteiger partial charge in [-0.2, -0.15) is 5.10 Å². The molecule has 0 saturated heterocycles. The highest BCUT2D eigenvalue weighted by atomic mass is 16.1. The zero-order chi connectivity index (χ0) is 15.3. The normalized spacial score (nSPS) is 15.6. The van der Waals surface area contributed by atoms with E-state index in [4.69, 9.17) is 0 Å². The van der Waals surface area contributed by atoms with E-state index in [1.807, 2.05) is 7.05 Å². The number of fused-ring (bicyclic) bond motifs is 2. The minimum atomic E-state index is 0.000376. The van der Waals surface area contributed by atoms with E-state index in [2.05, 4.69) is 47.3 Å². The van der Waals surface area contributed by atoms with Crippen molar-refractivity contribution in [3.63, 3.8) is 0 Å². The zero-order valence-electron chi connectivity index (χ0n) is 12.6. The van der Waals surface area contributed by atoms with Crippen molar-refractivity contribution >= 4 is 22.7 Å². The summed E-state index contributed by atoms with van der Waals surface area (Å²) in [6.45, 7) is 2.76. The summed E-state index contributed by atoms with van der Waals surface area (Å²) in [4.78, 5) is 17.2. The smallest absolute Gasteiger partial charge is 0.264 e. The van der Waals surface area contributed by atoms with Gasteiger partial charge in [0.25, 0.3) is 5.56 Å². The van der Waals surface area contributed by atoms with Crippen LogP contribution in [0, 0.1) is 6.92 Å². The largest absolute Gasteiger partial charge is 0.292 e. The van der Waals surface area contributed by atoms with Crippen LogP contribution in [0.15, 0.2) is 35.3 Å². The van der Waals surface area contributed by atoms with Crippen molar-refractivity contribution in [3.8, 4) is 0 Å². The van der Waals surface area contributed by atoms with Gasteiger partial charge >= 0.3 is 0 Å². The van der Waals surface area contributed by atoms with E-state index >= 15 is 0 Å². The minimum absolute atomic E-state index is 0.000376. The molecule has 0 spiro atoms. The molecule has 0 N–H and O–H groups in total. The summed E-state index contributed by atoms with van der Waals surface area (Å²) in [6, 6.07) is 8.36. The topological polar surface area (TPSA) is 52.7 Å². The van der Waals surface area contributed by atoms with Gasteiger partial charge in [-0.25, -0.2) is 4.98 Å². The first-order valence-corrected chi connectivity index (χ1v) is 7.33. The molecular formula is C17H16N4O. The molecule has 0 radical (unpaired) electrons. The second-order valence-corrected chi connectivity index (χ2v) is 5.73. The first-order chi connectivity index (χ1) is 10.6. The summed E-state index contributed by atoms with van der Waals surface area (Å²) >= 11 is 0. The van der Waals surface area contributed by atoms with Gasteiger partial charge in [-0.15, -0.1) is 0 Å². The summed E-state index contributed by atoms with van der Waals surface area (Å²) in [5.74, 6) is 0.765. The Morgan fingerprint density at radius 3 is 2.77 bits per heavy atom. The maximum absolute atomic E-state index is 12.5. The van der Waals surface area contributed by atoms with E-state index in [9.17, 15) is 4.79 Å². The van der Waals surface area contributed by atoms with Crippen molar-refractivity contribution in [2.75, 3.05) is 0 Å². The Morgan fingerprint density at radius 1 is 1.23 bits per heavy atom. The molecular weight excluding hydrogens is 276 g/mol. The van der Waals surface area contributed by atoms with Crippen molar-refractivity contribution in [1.82, 2.24) is 19.3 Å². The number of rotatable bonds is 1. The molecule has 0 fully saturated rings. The van der Waals surface area contributed by atoms with Gasteiger partial charge in [0.05, 0.1) is 6.20 Å². The third-order valence-corrected chi connectivity index (χ3v) is 4.16. The van der Waals surface area contributed by atoms with Gasteiger partial charge in [-0.3, -0.25) is 14.0 Å². The van der Waals surface area contributed by atoms with Gasteiger partial charge in [0.1, 0.15) is 11.2 Å². The SMILES string of the molecule is Cc1ccc(/C=C2\CCn3c2nc2c(cnn2C)c3=O)cc1. The summed E-state index contributed by atoms with van der Waals surface area (Å²) in [7, 11) is 1.81. The van der Waals surface area contributed by atoms with Crippen molar-refractivity contribution in [1.29, 1.82) is 0 Å². The number of allylic oxidation sites excluding steroid dienone is 1. The Bertz CT molecular complexity index is 961. The Morgan fingerprint density at radius 2 is 2.00 bits per heavy atom. The third kappa shape index (κ3) is 1.89. The van der Waals surface area contributed by atoms with Crippen LogP contribution in [-0.2, 0) is 13.6 Å². The fourth-order valence-corrected chi connectivity index (χ4v) is 2.91. The summed E-state index contributed by atoms with van der Waals surface area (Å²) in [5, 5.41) is 4.72. The maximum atomic E-state index is 12.5. The second-order valence-electron chi connectivity index (χ2n) is 5.73. The highest BCUT2D eigenvalue weighted by molar-refractivity contribution is 5.83. The monoisotopic (exact) mass is 292 g/mol. The Hall–Kier alpha value is -2.69. The lowest BCUT2D eigenvalue weighted by Crippen LogP contribution is -2.20. The van der Waals surface area contributed by atoms with E-state index in [1.165, 1.54) is 5.56 Å². The fourth-order valence-electron chi connectivity index (χ4n) is 2.91. The lowest BCUT2D eigenvalue weighted by Gasteiger charge is -2.04. The van der Waals surface area contributed by atoms with E-state index in [-0.39, 0.29) is 5.56 Å². The van der Waals surface area contributed by atoms with Gasteiger partial charge in [-0.05, 0) is 30.6 Å². The Kier molecular flexibility index (Phi) is 2.76. The predicted octanol–water partition coefficient (Wildman–Crippen LogP) is 2.38. The predicted molar refractivity (Wildman–Crippen MR) is 86.4 cm³/mol. The van der Waals surface area contributed by atoms with E-state index < -0.39 is 0 Å². The van der Waals surface area contributed by atoms with Gasteiger partial charge in [0, 0.05) is 13.6 Å². The average molecular weight is 292 g/mol. The quantitative estimate of drug-likeness (QED) is 0.692.